The molecule has 2 fully saturated rings. The Morgan fingerprint density at radius 2 is 1.61 bits per heavy atom. The van der Waals surface area contributed by atoms with Crippen molar-refractivity contribution in [2.24, 2.45) is 0 Å². The van der Waals surface area contributed by atoms with E-state index in [0.29, 0.717) is 18.8 Å². The summed E-state index contributed by atoms with van der Waals surface area (Å²) in [4.78, 5) is 15.0. The predicted octanol–water partition coefficient (Wildman–Crippen LogP) is 1.81. The Morgan fingerprint density at radius 1 is 1.06 bits per heavy atom. The molecule has 4 heteroatoms. The zero-order chi connectivity index (χ0) is 12.1. The van der Waals surface area contributed by atoms with Crippen LogP contribution in [0, 0.1) is 63.2 Å². The van der Waals surface area contributed by atoms with Crippen LogP contribution in [-0.2, 0) is 21.9 Å². The van der Waals surface area contributed by atoms with E-state index in [4.69, 9.17) is 5.53 Å². The second-order valence-corrected chi connectivity index (χ2v) is 3.84. The molecule has 2 aliphatic carbocycles. The summed E-state index contributed by atoms with van der Waals surface area (Å²) in [6.07, 6.45) is 16.0. The van der Waals surface area contributed by atoms with Crippen molar-refractivity contribution < 1.29 is 26.7 Å². The van der Waals surface area contributed by atoms with E-state index in [1.807, 2.05) is 25.7 Å². The van der Waals surface area contributed by atoms with Crippen LogP contribution >= 0.6 is 0 Å². The van der Waals surface area contributed by atoms with Crippen LogP contribution in [0.1, 0.15) is 12.8 Å². The van der Waals surface area contributed by atoms with E-state index in [1.54, 1.807) is 25.7 Å². The molecule has 0 N–H and O–H groups in total. The summed E-state index contributed by atoms with van der Waals surface area (Å²) < 4.78 is 0. The van der Waals surface area contributed by atoms with Gasteiger partial charge in [-0.1, -0.05) is 0 Å². The van der Waals surface area contributed by atoms with E-state index in [2.05, 4.69) is 4.79 Å². The molecular formula is C14H12FeN2O. The van der Waals surface area contributed by atoms with Gasteiger partial charge in [-0.25, -0.2) is 0 Å². The van der Waals surface area contributed by atoms with Crippen LogP contribution in [0.15, 0.2) is 0 Å². The van der Waals surface area contributed by atoms with E-state index in [0.717, 1.165) is 5.92 Å². The van der Waals surface area contributed by atoms with Crippen molar-refractivity contribution in [2.75, 3.05) is 0 Å². The number of nitrogens with zero attached hydrogens (tertiary/aromatic N) is 2. The summed E-state index contributed by atoms with van der Waals surface area (Å²) in [6, 6.07) is 0. The van der Waals surface area contributed by atoms with Crippen molar-refractivity contribution in [1.29, 1.82) is 0 Å². The van der Waals surface area contributed by atoms with Crippen LogP contribution < -0.4 is 0 Å². The molecule has 0 spiro atoms. The van der Waals surface area contributed by atoms with Gasteiger partial charge in [0, 0.05) is 17.1 Å². The first-order chi connectivity index (χ1) is 8.31. The van der Waals surface area contributed by atoms with Gasteiger partial charge >= 0.3 is 5.71 Å². The van der Waals surface area contributed by atoms with Gasteiger partial charge in [0.05, 0.1) is 12.3 Å². The first kappa shape index (κ1) is 15.6. The maximum absolute atomic E-state index is 11.9. The fourth-order valence-corrected chi connectivity index (χ4v) is 1.74. The summed E-state index contributed by atoms with van der Waals surface area (Å²) in [6.45, 7) is 0. The number of hydrogen-bond acceptors (Lipinski definition) is 1. The van der Waals surface area contributed by atoms with E-state index in [-0.39, 0.29) is 28.6 Å². The number of Topliss-reactive ketones (excluding diaryl/α,β-unsaturated/α-hetero) is 1. The maximum atomic E-state index is 11.9. The minimum Gasteiger partial charge on any atom is -0.361 e. The molecule has 10 radical (unpaired) electrons. The van der Waals surface area contributed by atoms with Crippen molar-refractivity contribution in [3.05, 3.63) is 68.7 Å². The third-order valence-corrected chi connectivity index (χ3v) is 2.69. The molecule has 0 aromatic rings. The van der Waals surface area contributed by atoms with Crippen LogP contribution in [-0.4, -0.2) is 16.3 Å². The molecule has 2 saturated carbocycles. The molecular weight excluding hydrogens is 268 g/mol. The fourth-order valence-electron chi connectivity index (χ4n) is 1.74. The first-order valence-corrected chi connectivity index (χ1v) is 5.49. The van der Waals surface area contributed by atoms with Gasteiger partial charge in [-0.3, -0.25) is 4.79 Å². The van der Waals surface area contributed by atoms with E-state index in [1.165, 1.54) is 0 Å². The minimum absolute atomic E-state index is 0. The zero-order valence-corrected chi connectivity index (χ0v) is 10.8. The zero-order valence-electron chi connectivity index (χ0n) is 9.69. The topological polar surface area (TPSA) is 53.5 Å². The number of rotatable bonds is 5. The van der Waals surface area contributed by atoms with Crippen molar-refractivity contribution in [2.45, 2.75) is 12.8 Å². The van der Waals surface area contributed by atoms with Crippen LogP contribution in [0.5, 0.6) is 0 Å². The molecule has 2 aliphatic rings. The van der Waals surface area contributed by atoms with Gasteiger partial charge in [0.1, 0.15) is 0 Å². The Hall–Kier alpha value is -0.431. The normalized spacial score (nSPS) is 20.4. The van der Waals surface area contributed by atoms with Gasteiger partial charge in [-0.15, -0.1) is 0 Å². The first-order valence-electron chi connectivity index (χ1n) is 5.49. The maximum Gasteiger partial charge on any atom is 0.335 e. The Bertz CT molecular complexity index is 325. The molecule has 18 heavy (non-hydrogen) atoms. The van der Waals surface area contributed by atoms with Crippen LogP contribution in [0.2, 0.25) is 0 Å². The third-order valence-electron chi connectivity index (χ3n) is 2.69. The molecule has 0 aromatic heterocycles. The Kier molecular flexibility index (Phi) is 6.85. The minimum atomic E-state index is -0.205. The van der Waals surface area contributed by atoms with Crippen molar-refractivity contribution >= 4 is 11.5 Å². The van der Waals surface area contributed by atoms with Crippen LogP contribution in [0.3, 0.4) is 0 Å². The quantitative estimate of drug-likeness (QED) is 0.328. The Morgan fingerprint density at radius 3 is 2.17 bits per heavy atom. The number of hydrogen-bond donors (Lipinski definition) is 0. The second kappa shape index (κ2) is 7.89. The number of carbonyl (C=O) groups excluding carboxylic acids is 1. The molecule has 0 saturated heterocycles. The van der Waals surface area contributed by atoms with E-state index in [9.17, 15) is 4.79 Å². The average molecular weight is 280 g/mol. The smallest absolute Gasteiger partial charge is 0.335 e. The predicted molar refractivity (Wildman–Crippen MR) is 63.8 cm³/mol. The molecule has 2 rings (SSSR count). The summed E-state index contributed by atoms with van der Waals surface area (Å²) >= 11 is 0. The fraction of sp³-hybridized carbons (Fsp3) is 0.143. The molecule has 0 aromatic carbocycles. The summed E-state index contributed by atoms with van der Waals surface area (Å²) in [5.41, 5.74) is 9.10. The third kappa shape index (κ3) is 4.05. The van der Waals surface area contributed by atoms with Crippen LogP contribution in [0.25, 0.3) is 5.53 Å². The molecule has 0 aliphatic heterocycles. The SMILES string of the molecule is [Fe].[N-]=[N+]=C(CC[C]1[CH][CH][CH][CH]1)C(=O)[C]1[CH][CH][CH][CH]1. The monoisotopic (exact) mass is 280 g/mol. The van der Waals surface area contributed by atoms with E-state index >= 15 is 0 Å². The summed E-state index contributed by atoms with van der Waals surface area (Å²) in [5.74, 6) is 1.51. The van der Waals surface area contributed by atoms with E-state index < -0.39 is 0 Å². The Balaban J connectivity index is 0.00000162. The molecule has 0 bridgehead atoms. The van der Waals surface area contributed by atoms with Crippen molar-refractivity contribution in [3.63, 3.8) is 0 Å². The molecule has 3 nitrogen and oxygen atoms in total. The Labute approximate surface area is 120 Å². The van der Waals surface area contributed by atoms with Crippen LogP contribution in [0.4, 0.5) is 0 Å². The molecule has 0 atom stereocenters. The largest absolute Gasteiger partial charge is 0.361 e. The number of ketones is 1. The average Bonchev–Trinajstić information content (AvgIpc) is 3.02. The van der Waals surface area contributed by atoms with Gasteiger partial charge in [-0.05, 0) is 63.7 Å². The second-order valence-electron chi connectivity index (χ2n) is 3.84. The molecule has 0 amide bonds. The van der Waals surface area contributed by atoms with Gasteiger partial charge in [0.15, 0.2) is 0 Å². The van der Waals surface area contributed by atoms with Gasteiger partial charge in [0.25, 0.3) is 0 Å². The number of carbonyl (C=O) groups is 1. The van der Waals surface area contributed by atoms with Crippen molar-refractivity contribution in [1.82, 2.24) is 0 Å². The summed E-state index contributed by atoms with van der Waals surface area (Å²) in [5, 5.41) is 0. The van der Waals surface area contributed by atoms with Gasteiger partial charge in [0.2, 0.25) is 5.78 Å². The molecule has 0 unspecified atom stereocenters. The standard InChI is InChI=1S/C14H12N2O.Fe/c15-16-13(10-9-11-5-1-2-6-11)14(17)12-7-3-4-8-12;/h1-8H,9-10H2;. The van der Waals surface area contributed by atoms with Gasteiger partial charge < -0.3 is 5.53 Å². The van der Waals surface area contributed by atoms with Gasteiger partial charge in [-0.2, -0.15) is 4.79 Å². The molecule has 92 valence electrons. The van der Waals surface area contributed by atoms with Crippen molar-refractivity contribution in [3.8, 4) is 0 Å². The summed E-state index contributed by atoms with van der Waals surface area (Å²) in [7, 11) is 0. The molecule has 0 heterocycles.